The van der Waals surface area contributed by atoms with Gasteiger partial charge in [-0.05, 0) is 44.1 Å². The molecule has 0 bridgehead atoms. The van der Waals surface area contributed by atoms with Crippen LogP contribution in [0.25, 0.3) is 0 Å². The van der Waals surface area contributed by atoms with Crippen LogP contribution in [-0.2, 0) is 10.2 Å². The molecule has 1 aromatic heterocycles. The third-order valence-corrected chi connectivity index (χ3v) is 6.64. The molecule has 29 heavy (non-hydrogen) atoms. The number of nitrogens with one attached hydrogen (secondary N) is 1. The molecule has 0 radical (unpaired) electrons. The van der Waals surface area contributed by atoms with Crippen molar-refractivity contribution in [2.45, 2.75) is 70.1 Å². The fourth-order valence-electron chi connectivity index (χ4n) is 4.96. The van der Waals surface area contributed by atoms with Gasteiger partial charge in [0.05, 0.1) is 12.3 Å². The van der Waals surface area contributed by atoms with Crippen LogP contribution >= 0.6 is 0 Å². The summed E-state index contributed by atoms with van der Waals surface area (Å²) in [6, 6.07) is 0.0705. The fraction of sp³-hybridized carbons (Fsp3) is 0.857. The van der Waals surface area contributed by atoms with Crippen LogP contribution in [0.15, 0.2) is 6.07 Å². The number of fused-ring (bicyclic) bond motifs is 1. The summed E-state index contributed by atoms with van der Waals surface area (Å²) in [5.74, 6) is 1.29. The van der Waals surface area contributed by atoms with Gasteiger partial charge in [-0.15, -0.1) is 0 Å². The molecule has 5 nitrogen and oxygen atoms in total. The molecule has 2 saturated heterocycles. The second-order valence-electron chi connectivity index (χ2n) is 10.0. The van der Waals surface area contributed by atoms with Crippen LogP contribution < -0.4 is 5.32 Å². The van der Waals surface area contributed by atoms with E-state index in [2.05, 4.69) is 15.3 Å². The largest absolute Gasteiger partial charge is 0.410 e. The molecule has 4 heterocycles. The van der Waals surface area contributed by atoms with E-state index < -0.39 is 12.2 Å². The minimum atomic E-state index is -4.30. The van der Waals surface area contributed by atoms with Gasteiger partial charge in [0.15, 0.2) is 6.04 Å². The zero-order valence-electron chi connectivity index (χ0n) is 17.6. The summed E-state index contributed by atoms with van der Waals surface area (Å²) < 4.78 is 48.4. The average molecular weight is 415 g/mol. The first-order valence-electron chi connectivity index (χ1n) is 10.8. The molecule has 4 atom stereocenters. The lowest BCUT2D eigenvalue weighted by atomic mass is 9.85. The second kappa shape index (κ2) is 7.76. The molecule has 2 fully saturated rings. The third-order valence-electron chi connectivity index (χ3n) is 6.64. The highest BCUT2D eigenvalue weighted by atomic mass is 19.4. The smallest absolute Gasteiger partial charge is 0.381 e. The molecule has 1 aromatic rings. The van der Waals surface area contributed by atoms with Crippen LogP contribution in [0.5, 0.6) is 0 Å². The maximum Gasteiger partial charge on any atom is 0.410 e. The van der Waals surface area contributed by atoms with Crippen LogP contribution in [0, 0.1) is 11.8 Å². The van der Waals surface area contributed by atoms with Crippen LogP contribution in [0.4, 0.5) is 19.0 Å². The van der Waals surface area contributed by atoms with Crippen molar-refractivity contribution >= 4 is 5.82 Å². The number of piperidine rings is 1. The van der Waals surface area contributed by atoms with E-state index in [1.807, 2.05) is 20.8 Å². The summed E-state index contributed by atoms with van der Waals surface area (Å²) in [6.45, 7) is 10.5. The molecule has 4 rings (SSSR count). The Kier molecular flexibility index (Phi) is 5.61. The van der Waals surface area contributed by atoms with Crippen LogP contribution in [0.3, 0.4) is 0 Å². The van der Waals surface area contributed by atoms with Crippen molar-refractivity contribution in [3.8, 4) is 0 Å². The summed E-state index contributed by atoms with van der Waals surface area (Å²) in [6.07, 6.45) is -1.15. The minimum absolute atomic E-state index is 0.0484. The van der Waals surface area contributed by atoms with E-state index in [9.17, 15) is 13.2 Å². The Morgan fingerprint density at radius 2 is 2.03 bits per heavy atom. The molecule has 0 aliphatic carbocycles. The number of ether oxygens (including phenoxy) is 1. The zero-order chi connectivity index (χ0) is 20.8. The minimum Gasteiger partial charge on any atom is -0.381 e. The number of alkyl halides is 3. The first-order valence-corrected chi connectivity index (χ1v) is 10.8. The Morgan fingerprint density at radius 1 is 1.24 bits per heavy atom. The molecular weight excluding hydrogens is 381 g/mol. The molecule has 0 saturated carbocycles. The van der Waals surface area contributed by atoms with Crippen molar-refractivity contribution in [2.75, 3.05) is 38.2 Å². The molecule has 1 N–H and O–H groups in total. The predicted molar refractivity (Wildman–Crippen MR) is 106 cm³/mol. The standard InChI is InChI=1S/C21H33F3N4O/c1-20(2,3)17-10-19-25-16(9-18(21(22,23)24)28(19)26-17)15-5-4-7-27(12-15)11-14-6-8-29-13-14/h10,14-16,18,25H,4-9,11-13H2,1-3H3/t14?,15?,16-,18+/m1/s1. The first kappa shape index (κ1) is 21.0. The average Bonchev–Trinajstić information content (AvgIpc) is 3.29. The number of nitrogens with zero attached hydrogens (tertiary/aromatic N) is 3. The second-order valence-corrected chi connectivity index (χ2v) is 10.0. The van der Waals surface area contributed by atoms with Crippen molar-refractivity contribution in [3.05, 3.63) is 11.8 Å². The van der Waals surface area contributed by atoms with Crippen LogP contribution in [-0.4, -0.2) is 59.7 Å². The number of rotatable bonds is 3. The van der Waals surface area contributed by atoms with Gasteiger partial charge in [-0.3, -0.25) is 0 Å². The highest BCUT2D eigenvalue weighted by Crippen LogP contribution is 2.43. The summed E-state index contributed by atoms with van der Waals surface area (Å²) in [7, 11) is 0. The Morgan fingerprint density at radius 3 is 2.69 bits per heavy atom. The Hall–Kier alpha value is -1.28. The van der Waals surface area contributed by atoms with Gasteiger partial charge < -0.3 is 15.0 Å². The van der Waals surface area contributed by atoms with Gasteiger partial charge in [0.2, 0.25) is 0 Å². The van der Waals surface area contributed by atoms with Crippen molar-refractivity contribution in [2.24, 2.45) is 11.8 Å². The monoisotopic (exact) mass is 414 g/mol. The van der Waals surface area contributed by atoms with Gasteiger partial charge in [0.25, 0.3) is 0 Å². The van der Waals surface area contributed by atoms with Crippen molar-refractivity contribution < 1.29 is 17.9 Å². The molecule has 0 amide bonds. The summed E-state index contributed by atoms with van der Waals surface area (Å²) in [5.41, 5.74) is 0.407. The van der Waals surface area contributed by atoms with Crippen molar-refractivity contribution in [1.82, 2.24) is 14.7 Å². The molecule has 164 valence electrons. The van der Waals surface area contributed by atoms with E-state index >= 15 is 0 Å². The van der Waals surface area contributed by atoms with Gasteiger partial charge in [-0.1, -0.05) is 20.8 Å². The topological polar surface area (TPSA) is 42.3 Å². The number of hydrogen-bond acceptors (Lipinski definition) is 4. The molecule has 0 aromatic carbocycles. The number of anilines is 1. The Labute approximate surface area is 171 Å². The summed E-state index contributed by atoms with van der Waals surface area (Å²) in [5, 5.41) is 7.77. The predicted octanol–water partition coefficient (Wildman–Crippen LogP) is 4.22. The van der Waals surface area contributed by atoms with Gasteiger partial charge in [-0.2, -0.15) is 18.3 Å². The highest BCUT2D eigenvalue weighted by Gasteiger charge is 2.48. The van der Waals surface area contributed by atoms with Gasteiger partial charge in [0, 0.05) is 37.2 Å². The van der Waals surface area contributed by atoms with E-state index in [4.69, 9.17) is 4.74 Å². The quantitative estimate of drug-likeness (QED) is 0.804. The lowest BCUT2D eigenvalue weighted by Crippen LogP contribution is -2.48. The Balaban J connectivity index is 1.51. The van der Waals surface area contributed by atoms with Gasteiger partial charge in [0.1, 0.15) is 5.82 Å². The van der Waals surface area contributed by atoms with Crippen LogP contribution in [0.2, 0.25) is 0 Å². The molecule has 3 aliphatic rings. The molecule has 3 aliphatic heterocycles. The SMILES string of the molecule is CC(C)(C)c1cc2n(n1)[C@H](C(F)(F)F)C[C@H](C1CCCN(CC3CCOC3)C1)N2. The molecule has 2 unspecified atom stereocenters. The number of likely N-dealkylation sites (tertiary alicyclic amines) is 1. The summed E-state index contributed by atoms with van der Waals surface area (Å²) >= 11 is 0. The van der Waals surface area contributed by atoms with Gasteiger partial charge >= 0.3 is 6.18 Å². The lowest BCUT2D eigenvalue weighted by Gasteiger charge is -2.42. The van der Waals surface area contributed by atoms with E-state index in [1.165, 1.54) is 4.68 Å². The number of hydrogen-bond donors (Lipinski definition) is 1. The van der Waals surface area contributed by atoms with Crippen molar-refractivity contribution in [1.29, 1.82) is 0 Å². The fourth-order valence-corrected chi connectivity index (χ4v) is 4.96. The first-order chi connectivity index (χ1) is 13.6. The molecular formula is C21H33F3N4O. The maximum absolute atomic E-state index is 13.9. The van der Waals surface area contributed by atoms with Crippen molar-refractivity contribution in [3.63, 3.8) is 0 Å². The van der Waals surface area contributed by atoms with E-state index in [-0.39, 0.29) is 23.8 Å². The van der Waals surface area contributed by atoms with Crippen LogP contribution in [0.1, 0.15) is 58.2 Å². The third kappa shape index (κ3) is 4.58. The highest BCUT2D eigenvalue weighted by molar-refractivity contribution is 5.43. The zero-order valence-corrected chi connectivity index (χ0v) is 17.6. The maximum atomic E-state index is 13.9. The Bertz CT molecular complexity index is 706. The van der Waals surface area contributed by atoms with E-state index in [0.717, 1.165) is 52.1 Å². The van der Waals surface area contributed by atoms with E-state index in [0.29, 0.717) is 17.4 Å². The molecule has 8 heteroatoms. The summed E-state index contributed by atoms with van der Waals surface area (Å²) in [4.78, 5) is 2.43. The number of aromatic nitrogens is 2. The van der Waals surface area contributed by atoms with Gasteiger partial charge in [-0.25, -0.2) is 4.68 Å². The van der Waals surface area contributed by atoms with E-state index in [1.54, 1.807) is 6.07 Å². The number of halogens is 3. The normalized spacial score (nSPS) is 31.5. The molecule has 0 spiro atoms. The lowest BCUT2D eigenvalue weighted by molar-refractivity contribution is -0.174.